The molecule has 0 unspecified atom stereocenters. The molecule has 0 bridgehead atoms. The summed E-state index contributed by atoms with van der Waals surface area (Å²) in [5, 5.41) is 0. The molecule has 1 aliphatic rings. The SMILES string of the molecule is CC(C)(C(=O)Cc1ccc(F)c(Br)c1)N1CCOCC1. The van der Waals surface area contributed by atoms with Crippen LogP contribution in [0.3, 0.4) is 0 Å². The Hall–Kier alpha value is -0.780. The van der Waals surface area contributed by atoms with Crippen molar-refractivity contribution in [1.29, 1.82) is 0 Å². The highest BCUT2D eigenvalue weighted by Crippen LogP contribution is 2.22. The van der Waals surface area contributed by atoms with Crippen LogP contribution in [0.1, 0.15) is 19.4 Å². The second-order valence-corrected chi connectivity index (χ2v) is 6.36. The standard InChI is InChI=1S/C15H19BrFNO2/c1-15(2,18-5-7-20-8-6-18)14(19)10-11-3-4-13(17)12(16)9-11/h3-4,9H,5-8,10H2,1-2H3. The van der Waals surface area contributed by atoms with E-state index in [4.69, 9.17) is 4.74 Å². The number of carbonyl (C=O) groups is 1. The minimum absolute atomic E-state index is 0.137. The maximum absolute atomic E-state index is 13.2. The van der Waals surface area contributed by atoms with Gasteiger partial charge in [0.1, 0.15) is 5.82 Å². The number of ketones is 1. The van der Waals surface area contributed by atoms with Gasteiger partial charge < -0.3 is 4.74 Å². The lowest BCUT2D eigenvalue weighted by atomic mass is 9.91. The molecular formula is C15H19BrFNO2. The molecule has 3 nitrogen and oxygen atoms in total. The molecule has 5 heteroatoms. The Morgan fingerprint density at radius 1 is 1.40 bits per heavy atom. The van der Waals surface area contributed by atoms with Gasteiger partial charge in [0.2, 0.25) is 0 Å². The minimum Gasteiger partial charge on any atom is -0.379 e. The zero-order valence-electron chi connectivity index (χ0n) is 11.8. The van der Waals surface area contributed by atoms with Crippen LogP contribution in [0.4, 0.5) is 4.39 Å². The first kappa shape index (κ1) is 15.6. The molecule has 0 aromatic heterocycles. The van der Waals surface area contributed by atoms with E-state index in [1.54, 1.807) is 12.1 Å². The van der Waals surface area contributed by atoms with Gasteiger partial charge in [-0.2, -0.15) is 0 Å². The van der Waals surface area contributed by atoms with Crippen molar-refractivity contribution in [2.75, 3.05) is 26.3 Å². The Morgan fingerprint density at radius 2 is 2.05 bits per heavy atom. The summed E-state index contributed by atoms with van der Waals surface area (Å²) < 4.78 is 18.9. The molecule has 1 heterocycles. The first-order valence-corrected chi connectivity index (χ1v) is 7.50. The number of halogens is 2. The van der Waals surface area contributed by atoms with Crippen LogP contribution in [-0.2, 0) is 16.0 Å². The molecule has 1 fully saturated rings. The van der Waals surface area contributed by atoms with E-state index in [1.165, 1.54) is 6.07 Å². The molecule has 20 heavy (non-hydrogen) atoms. The van der Waals surface area contributed by atoms with Crippen LogP contribution in [0.5, 0.6) is 0 Å². The van der Waals surface area contributed by atoms with E-state index in [0.717, 1.165) is 18.7 Å². The number of Topliss-reactive ketones (excluding diaryl/α,β-unsaturated/α-hetero) is 1. The van der Waals surface area contributed by atoms with Gasteiger partial charge in [-0.3, -0.25) is 9.69 Å². The van der Waals surface area contributed by atoms with E-state index >= 15 is 0 Å². The van der Waals surface area contributed by atoms with Crippen molar-refractivity contribution in [3.05, 3.63) is 34.1 Å². The molecule has 0 radical (unpaired) electrons. The maximum atomic E-state index is 13.2. The van der Waals surface area contributed by atoms with E-state index < -0.39 is 5.54 Å². The quantitative estimate of drug-likeness (QED) is 0.841. The summed E-state index contributed by atoms with van der Waals surface area (Å²) in [6.45, 7) is 6.76. The highest BCUT2D eigenvalue weighted by Gasteiger charge is 2.34. The van der Waals surface area contributed by atoms with Crippen LogP contribution >= 0.6 is 15.9 Å². The fourth-order valence-electron chi connectivity index (χ4n) is 2.35. The Kier molecular flexibility index (Phi) is 4.94. The summed E-state index contributed by atoms with van der Waals surface area (Å²) in [7, 11) is 0. The molecule has 1 saturated heterocycles. The molecule has 1 aromatic rings. The van der Waals surface area contributed by atoms with Crippen LogP contribution in [0.15, 0.2) is 22.7 Å². The normalized spacial score (nSPS) is 17.2. The van der Waals surface area contributed by atoms with Gasteiger partial charge in [0.05, 0.1) is 23.2 Å². The Morgan fingerprint density at radius 3 is 2.65 bits per heavy atom. The largest absolute Gasteiger partial charge is 0.379 e. The number of nitrogens with zero attached hydrogens (tertiary/aromatic N) is 1. The second kappa shape index (κ2) is 6.33. The summed E-state index contributed by atoms with van der Waals surface area (Å²) in [5.41, 5.74) is 0.301. The third kappa shape index (κ3) is 3.45. The molecule has 0 spiro atoms. The number of hydrogen-bond acceptors (Lipinski definition) is 3. The first-order chi connectivity index (χ1) is 9.41. The van der Waals surface area contributed by atoms with Gasteiger partial charge in [0.15, 0.2) is 5.78 Å². The zero-order valence-corrected chi connectivity index (χ0v) is 13.4. The van der Waals surface area contributed by atoms with E-state index in [-0.39, 0.29) is 11.6 Å². The number of ether oxygens (including phenoxy) is 1. The van der Waals surface area contributed by atoms with E-state index in [9.17, 15) is 9.18 Å². The highest BCUT2D eigenvalue weighted by molar-refractivity contribution is 9.10. The predicted octanol–water partition coefficient (Wildman–Crippen LogP) is 2.81. The zero-order chi connectivity index (χ0) is 14.8. The Labute approximate surface area is 127 Å². The first-order valence-electron chi connectivity index (χ1n) is 6.71. The second-order valence-electron chi connectivity index (χ2n) is 5.51. The summed E-state index contributed by atoms with van der Waals surface area (Å²) in [6.07, 6.45) is 0.309. The van der Waals surface area contributed by atoms with Crippen LogP contribution in [0, 0.1) is 5.82 Å². The van der Waals surface area contributed by atoms with Gasteiger partial charge in [-0.25, -0.2) is 4.39 Å². The van der Waals surface area contributed by atoms with Crippen molar-refractivity contribution in [2.45, 2.75) is 25.8 Å². The molecule has 0 atom stereocenters. The molecule has 110 valence electrons. The fraction of sp³-hybridized carbons (Fsp3) is 0.533. The van der Waals surface area contributed by atoms with Gasteiger partial charge in [0, 0.05) is 19.5 Å². The van der Waals surface area contributed by atoms with Crippen molar-refractivity contribution in [1.82, 2.24) is 4.90 Å². The van der Waals surface area contributed by atoms with Crippen molar-refractivity contribution in [3.8, 4) is 0 Å². The topological polar surface area (TPSA) is 29.5 Å². The fourth-order valence-corrected chi connectivity index (χ4v) is 2.78. The number of benzene rings is 1. The molecule has 0 aliphatic carbocycles. The minimum atomic E-state index is -0.523. The van der Waals surface area contributed by atoms with Crippen LogP contribution in [0.25, 0.3) is 0 Å². The molecule has 2 rings (SSSR count). The van der Waals surface area contributed by atoms with Gasteiger partial charge in [-0.15, -0.1) is 0 Å². The Bertz CT molecular complexity index is 499. The molecular weight excluding hydrogens is 325 g/mol. The van der Waals surface area contributed by atoms with E-state index in [1.807, 2.05) is 13.8 Å². The van der Waals surface area contributed by atoms with Crippen molar-refractivity contribution in [2.24, 2.45) is 0 Å². The molecule has 0 N–H and O–H groups in total. The van der Waals surface area contributed by atoms with E-state index in [0.29, 0.717) is 24.1 Å². The van der Waals surface area contributed by atoms with Gasteiger partial charge in [0.25, 0.3) is 0 Å². The average molecular weight is 344 g/mol. The third-order valence-corrected chi connectivity index (χ3v) is 4.44. The lowest BCUT2D eigenvalue weighted by Crippen LogP contribution is -2.54. The summed E-state index contributed by atoms with van der Waals surface area (Å²) in [6, 6.07) is 4.71. The highest BCUT2D eigenvalue weighted by atomic mass is 79.9. The summed E-state index contributed by atoms with van der Waals surface area (Å²) in [5.74, 6) is -0.174. The van der Waals surface area contributed by atoms with Crippen molar-refractivity contribution in [3.63, 3.8) is 0 Å². The van der Waals surface area contributed by atoms with Crippen molar-refractivity contribution >= 4 is 21.7 Å². The molecule has 1 aromatic carbocycles. The van der Waals surface area contributed by atoms with Crippen LogP contribution in [0.2, 0.25) is 0 Å². The number of hydrogen-bond donors (Lipinski definition) is 0. The summed E-state index contributed by atoms with van der Waals surface area (Å²) >= 11 is 3.15. The van der Waals surface area contributed by atoms with Gasteiger partial charge in [-0.1, -0.05) is 6.07 Å². The monoisotopic (exact) mass is 343 g/mol. The molecule has 0 saturated carbocycles. The van der Waals surface area contributed by atoms with Crippen LogP contribution < -0.4 is 0 Å². The molecule has 1 aliphatic heterocycles. The molecule has 0 amide bonds. The lowest BCUT2D eigenvalue weighted by molar-refractivity contribution is -0.131. The van der Waals surface area contributed by atoms with Crippen LogP contribution in [-0.4, -0.2) is 42.5 Å². The maximum Gasteiger partial charge on any atom is 0.156 e. The smallest absolute Gasteiger partial charge is 0.156 e. The number of carbonyl (C=O) groups excluding carboxylic acids is 1. The Balaban J connectivity index is 2.07. The van der Waals surface area contributed by atoms with Crippen molar-refractivity contribution < 1.29 is 13.9 Å². The lowest BCUT2D eigenvalue weighted by Gasteiger charge is -2.39. The van der Waals surface area contributed by atoms with Gasteiger partial charge >= 0.3 is 0 Å². The average Bonchev–Trinajstić information content (AvgIpc) is 2.44. The number of rotatable bonds is 4. The third-order valence-electron chi connectivity index (χ3n) is 3.83. The summed E-state index contributed by atoms with van der Waals surface area (Å²) in [4.78, 5) is 14.7. The number of morpholine rings is 1. The van der Waals surface area contributed by atoms with Gasteiger partial charge in [-0.05, 0) is 47.5 Å². The van der Waals surface area contributed by atoms with E-state index in [2.05, 4.69) is 20.8 Å². The predicted molar refractivity (Wildman–Crippen MR) is 79.3 cm³/mol.